The van der Waals surface area contributed by atoms with Crippen molar-refractivity contribution >= 4 is 11.9 Å². The number of nitrogens with zero attached hydrogens (tertiary/aromatic N) is 3. The lowest BCUT2D eigenvalue weighted by Crippen LogP contribution is -2.36. The molecule has 1 amide bonds. The first-order valence-electron chi connectivity index (χ1n) is 8.58. The summed E-state index contributed by atoms with van der Waals surface area (Å²) in [5, 5.41) is 17.3. The zero-order chi connectivity index (χ0) is 20.2. The van der Waals surface area contributed by atoms with E-state index in [0.29, 0.717) is 11.3 Å². The average Bonchev–Trinajstić information content (AvgIpc) is 3.20. The van der Waals surface area contributed by atoms with Gasteiger partial charge in [0.05, 0.1) is 31.2 Å². The number of para-hydroxylation sites is 1. The predicted molar refractivity (Wildman–Crippen MR) is 96.8 cm³/mol. The lowest BCUT2D eigenvalue weighted by Gasteiger charge is -2.19. The minimum atomic E-state index is -0.787. The van der Waals surface area contributed by atoms with Crippen molar-refractivity contribution in [3.05, 3.63) is 54.0 Å². The van der Waals surface area contributed by atoms with Crippen molar-refractivity contribution < 1.29 is 23.5 Å². The number of hydrogen-bond acceptors (Lipinski definition) is 7. The fourth-order valence-electron chi connectivity index (χ4n) is 2.32. The first kappa shape index (κ1) is 20.5. The van der Waals surface area contributed by atoms with Crippen LogP contribution >= 0.6 is 0 Å². The molecule has 0 saturated heterocycles. The Morgan fingerprint density at radius 2 is 1.71 bits per heavy atom. The largest absolute Gasteiger partial charge is 0.489 e. The van der Waals surface area contributed by atoms with Gasteiger partial charge in [-0.1, -0.05) is 18.2 Å². The second-order valence-corrected chi connectivity index (χ2v) is 5.65. The molecule has 8 nitrogen and oxygen atoms in total. The molecule has 28 heavy (non-hydrogen) atoms. The first-order valence-corrected chi connectivity index (χ1v) is 8.58. The Kier molecular flexibility index (Phi) is 8.10. The molecule has 0 fully saturated rings. The summed E-state index contributed by atoms with van der Waals surface area (Å²) in [6.45, 7) is -0.0539. The first-order chi connectivity index (χ1) is 13.7. The quantitative estimate of drug-likeness (QED) is 0.581. The van der Waals surface area contributed by atoms with Gasteiger partial charge in [0.15, 0.2) is 6.61 Å². The van der Waals surface area contributed by atoms with Crippen molar-refractivity contribution in [2.75, 3.05) is 19.7 Å². The Balaban J connectivity index is 1.90. The zero-order valence-electron chi connectivity index (χ0n) is 15.2. The second-order valence-electron chi connectivity index (χ2n) is 5.65. The molecule has 0 unspecified atom stereocenters. The minimum Gasteiger partial charge on any atom is -0.489 e. The number of carbonyl (C=O) groups excluding carboxylic acids is 2. The number of amides is 1. The van der Waals surface area contributed by atoms with Crippen LogP contribution in [-0.2, 0) is 16.1 Å². The number of ether oxygens (including phenoxy) is 2. The highest BCUT2D eigenvalue weighted by atomic mass is 16.5. The second kappa shape index (κ2) is 11.0. The van der Waals surface area contributed by atoms with Gasteiger partial charge >= 0.3 is 5.97 Å². The molecule has 1 aromatic heterocycles. The molecule has 1 heterocycles. The summed E-state index contributed by atoms with van der Waals surface area (Å²) in [7, 11) is 0. The molecule has 144 valence electrons. The zero-order valence-corrected chi connectivity index (χ0v) is 15.2. The van der Waals surface area contributed by atoms with Gasteiger partial charge in [0.2, 0.25) is 5.76 Å². The normalized spacial score (nSPS) is 9.79. The summed E-state index contributed by atoms with van der Waals surface area (Å²) >= 11 is 0. The summed E-state index contributed by atoms with van der Waals surface area (Å²) in [5.74, 6) is -0.661. The standard InChI is InChI=1S/C20H19N3O5/c21-9-4-11-23(12-5-10-22)18(24)15-28-20(25)19-16(8-13-26-19)14-27-17-6-2-1-3-7-17/h1-3,6-8,13H,4-5,11-12,14-15H2. The number of hydrogen-bond donors (Lipinski definition) is 0. The Labute approximate surface area is 162 Å². The Hall–Kier alpha value is -3.78. The maximum Gasteiger partial charge on any atom is 0.375 e. The monoisotopic (exact) mass is 381 g/mol. The smallest absolute Gasteiger partial charge is 0.375 e. The van der Waals surface area contributed by atoms with Crippen molar-refractivity contribution in [3.8, 4) is 17.9 Å². The number of nitriles is 2. The van der Waals surface area contributed by atoms with E-state index in [-0.39, 0.29) is 38.3 Å². The van der Waals surface area contributed by atoms with E-state index >= 15 is 0 Å². The molecule has 0 radical (unpaired) electrons. The third-order valence-corrected chi connectivity index (χ3v) is 3.74. The van der Waals surface area contributed by atoms with Crippen molar-refractivity contribution in [2.45, 2.75) is 19.4 Å². The lowest BCUT2D eigenvalue weighted by molar-refractivity contribution is -0.134. The molecule has 2 rings (SSSR count). The van der Waals surface area contributed by atoms with E-state index in [1.807, 2.05) is 30.3 Å². The number of esters is 1. The van der Waals surface area contributed by atoms with Gasteiger partial charge in [-0.15, -0.1) is 0 Å². The van der Waals surface area contributed by atoms with Gasteiger partial charge < -0.3 is 18.8 Å². The third-order valence-electron chi connectivity index (χ3n) is 3.74. The SMILES string of the molecule is N#CCCN(CCC#N)C(=O)COC(=O)c1occc1COc1ccccc1. The van der Waals surface area contributed by atoms with Crippen LogP contribution in [0, 0.1) is 22.7 Å². The van der Waals surface area contributed by atoms with Crippen LogP contribution in [-0.4, -0.2) is 36.5 Å². The molecule has 0 spiro atoms. The van der Waals surface area contributed by atoms with Crippen molar-refractivity contribution in [1.82, 2.24) is 4.90 Å². The summed E-state index contributed by atoms with van der Waals surface area (Å²) in [4.78, 5) is 25.8. The summed E-state index contributed by atoms with van der Waals surface area (Å²) in [6.07, 6.45) is 1.60. The van der Waals surface area contributed by atoms with E-state index < -0.39 is 18.5 Å². The fourth-order valence-corrected chi connectivity index (χ4v) is 2.32. The van der Waals surface area contributed by atoms with E-state index in [1.165, 1.54) is 11.2 Å². The third kappa shape index (κ3) is 6.19. The highest BCUT2D eigenvalue weighted by Gasteiger charge is 2.21. The van der Waals surface area contributed by atoms with E-state index in [1.54, 1.807) is 18.2 Å². The average molecular weight is 381 g/mol. The van der Waals surface area contributed by atoms with Gasteiger partial charge in [0.25, 0.3) is 5.91 Å². The summed E-state index contributed by atoms with van der Waals surface area (Å²) in [6, 6.07) is 14.6. The molecule has 0 aliphatic rings. The van der Waals surface area contributed by atoms with Crippen LogP contribution in [0.4, 0.5) is 0 Å². The van der Waals surface area contributed by atoms with E-state index in [0.717, 1.165) is 0 Å². The fraction of sp³-hybridized carbons (Fsp3) is 0.300. The van der Waals surface area contributed by atoms with Crippen LogP contribution in [0.2, 0.25) is 0 Å². The van der Waals surface area contributed by atoms with Crippen molar-refractivity contribution in [3.63, 3.8) is 0 Å². The molecule has 0 aliphatic heterocycles. The Morgan fingerprint density at radius 3 is 2.36 bits per heavy atom. The minimum absolute atomic E-state index is 0.0377. The molecule has 1 aromatic carbocycles. The van der Waals surface area contributed by atoms with Crippen LogP contribution in [0.25, 0.3) is 0 Å². The van der Waals surface area contributed by atoms with Gasteiger partial charge in [-0.3, -0.25) is 4.79 Å². The van der Waals surface area contributed by atoms with Gasteiger partial charge in [-0.2, -0.15) is 10.5 Å². The lowest BCUT2D eigenvalue weighted by atomic mass is 10.2. The maximum absolute atomic E-state index is 12.2. The highest BCUT2D eigenvalue weighted by molar-refractivity contribution is 5.90. The van der Waals surface area contributed by atoms with Crippen molar-refractivity contribution in [2.24, 2.45) is 0 Å². The molecule has 8 heteroatoms. The number of rotatable bonds is 10. The molecular formula is C20H19N3O5. The van der Waals surface area contributed by atoms with Crippen molar-refractivity contribution in [1.29, 1.82) is 10.5 Å². The predicted octanol–water partition coefficient (Wildman–Crippen LogP) is 2.67. The summed E-state index contributed by atoms with van der Waals surface area (Å²) < 4.78 is 15.8. The number of furan rings is 1. The Morgan fingerprint density at radius 1 is 1.04 bits per heavy atom. The molecule has 2 aromatic rings. The maximum atomic E-state index is 12.2. The van der Waals surface area contributed by atoms with Crippen LogP contribution in [0.3, 0.4) is 0 Å². The van der Waals surface area contributed by atoms with Gasteiger partial charge in [0, 0.05) is 18.7 Å². The van der Waals surface area contributed by atoms with Gasteiger partial charge in [0.1, 0.15) is 12.4 Å². The topological polar surface area (TPSA) is 117 Å². The number of carbonyl (C=O) groups is 2. The summed E-state index contributed by atoms with van der Waals surface area (Å²) in [5.41, 5.74) is 0.493. The molecule has 0 aliphatic carbocycles. The molecule has 0 bridgehead atoms. The molecular weight excluding hydrogens is 362 g/mol. The van der Waals surface area contributed by atoms with Gasteiger partial charge in [-0.05, 0) is 18.2 Å². The number of benzene rings is 1. The van der Waals surface area contributed by atoms with Crippen LogP contribution < -0.4 is 4.74 Å². The molecule has 0 saturated carbocycles. The van der Waals surface area contributed by atoms with Crippen LogP contribution in [0.15, 0.2) is 47.1 Å². The van der Waals surface area contributed by atoms with E-state index in [9.17, 15) is 9.59 Å². The molecule has 0 N–H and O–H groups in total. The molecule has 0 atom stereocenters. The van der Waals surface area contributed by atoms with E-state index in [4.69, 9.17) is 24.4 Å². The Bertz CT molecular complexity index is 846. The van der Waals surface area contributed by atoms with E-state index in [2.05, 4.69) is 0 Å². The highest BCUT2D eigenvalue weighted by Crippen LogP contribution is 2.16. The van der Waals surface area contributed by atoms with Crippen LogP contribution in [0.5, 0.6) is 5.75 Å². The van der Waals surface area contributed by atoms with Gasteiger partial charge in [-0.25, -0.2) is 4.79 Å². The van der Waals surface area contributed by atoms with Crippen LogP contribution in [0.1, 0.15) is 29.0 Å².